The minimum atomic E-state index is 1.03. The van der Waals surface area contributed by atoms with E-state index in [1.54, 1.807) is 0 Å². The highest BCUT2D eigenvalue weighted by molar-refractivity contribution is 7.10. The Morgan fingerprint density at radius 3 is 2.91 bits per heavy atom. The van der Waals surface area contributed by atoms with Crippen LogP contribution in [-0.4, -0.2) is 6.54 Å². The number of rotatable bonds is 4. The molecule has 1 N–H and O–H groups in total. The lowest BCUT2D eigenvalue weighted by molar-refractivity contribution is 0.675. The molecule has 0 aliphatic carbocycles. The van der Waals surface area contributed by atoms with E-state index in [4.69, 9.17) is 0 Å². The third kappa shape index (κ3) is 2.64. The first kappa shape index (κ1) is 8.75. The van der Waals surface area contributed by atoms with Crippen molar-refractivity contribution in [2.24, 2.45) is 0 Å². The SMILES string of the molecule is CCCNCc1ccsc1C. The lowest BCUT2D eigenvalue weighted by Crippen LogP contribution is -2.13. The molecule has 1 rings (SSSR count). The Hall–Kier alpha value is -0.340. The highest BCUT2D eigenvalue weighted by atomic mass is 32.1. The number of thiophene rings is 1. The number of hydrogen-bond acceptors (Lipinski definition) is 2. The molecular weight excluding hydrogens is 154 g/mol. The van der Waals surface area contributed by atoms with Crippen molar-refractivity contribution in [1.29, 1.82) is 0 Å². The summed E-state index contributed by atoms with van der Waals surface area (Å²) in [7, 11) is 0. The lowest BCUT2D eigenvalue weighted by atomic mass is 10.2. The van der Waals surface area contributed by atoms with E-state index in [-0.39, 0.29) is 0 Å². The zero-order valence-electron chi connectivity index (χ0n) is 7.18. The second-order valence-electron chi connectivity index (χ2n) is 2.68. The van der Waals surface area contributed by atoms with Gasteiger partial charge in [0.2, 0.25) is 0 Å². The van der Waals surface area contributed by atoms with Crippen molar-refractivity contribution in [2.45, 2.75) is 26.8 Å². The topological polar surface area (TPSA) is 12.0 Å². The average Bonchev–Trinajstić information content (AvgIpc) is 2.37. The molecule has 0 radical (unpaired) electrons. The van der Waals surface area contributed by atoms with Crippen LogP contribution < -0.4 is 5.32 Å². The third-order valence-corrected chi connectivity index (χ3v) is 2.60. The van der Waals surface area contributed by atoms with Gasteiger partial charge in [0, 0.05) is 11.4 Å². The predicted molar refractivity (Wildman–Crippen MR) is 51.1 cm³/mol. The van der Waals surface area contributed by atoms with Gasteiger partial charge < -0.3 is 5.32 Å². The molecule has 11 heavy (non-hydrogen) atoms. The van der Waals surface area contributed by atoms with Crippen molar-refractivity contribution in [3.05, 3.63) is 21.9 Å². The summed E-state index contributed by atoms with van der Waals surface area (Å²) in [5, 5.41) is 5.54. The first-order chi connectivity index (χ1) is 5.34. The molecule has 0 amide bonds. The summed E-state index contributed by atoms with van der Waals surface area (Å²) in [6.45, 7) is 6.51. The first-order valence-corrected chi connectivity index (χ1v) is 4.96. The minimum absolute atomic E-state index is 1.03. The summed E-state index contributed by atoms with van der Waals surface area (Å²) in [5.41, 5.74) is 1.45. The zero-order chi connectivity index (χ0) is 8.10. The maximum Gasteiger partial charge on any atom is 0.0216 e. The van der Waals surface area contributed by atoms with E-state index < -0.39 is 0 Å². The van der Waals surface area contributed by atoms with Crippen LogP contribution in [-0.2, 0) is 6.54 Å². The fraction of sp³-hybridized carbons (Fsp3) is 0.556. The van der Waals surface area contributed by atoms with Gasteiger partial charge in [0.05, 0.1) is 0 Å². The van der Waals surface area contributed by atoms with E-state index >= 15 is 0 Å². The fourth-order valence-electron chi connectivity index (χ4n) is 0.994. The summed E-state index contributed by atoms with van der Waals surface area (Å²) in [6.07, 6.45) is 1.21. The molecule has 1 aromatic rings. The van der Waals surface area contributed by atoms with Gasteiger partial charge in [-0.15, -0.1) is 11.3 Å². The summed E-state index contributed by atoms with van der Waals surface area (Å²) < 4.78 is 0. The molecule has 0 spiro atoms. The maximum absolute atomic E-state index is 3.38. The van der Waals surface area contributed by atoms with Gasteiger partial charge in [-0.25, -0.2) is 0 Å². The first-order valence-electron chi connectivity index (χ1n) is 4.08. The summed E-state index contributed by atoms with van der Waals surface area (Å²) in [5.74, 6) is 0. The van der Waals surface area contributed by atoms with Crippen molar-refractivity contribution in [2.75, 3.05) is 6.54 Å². The number of nitrogens with one attached hydrogen (secondary N) is 1. The third-order valence-electron chi connectivity index (χ3n) is 1.71. The van der Waals surface area contributed by atoms with Crippen LogP contribution in [0.3, 0.4) is 0 Å². The van der Waals surface area contributed by atoms with E-state index in [9.17, 15) is 0 Å². The average molecular weight is 169 g/mol. The van der Waals surface area contributed by atoms with E-state index in [1.165, 1.54) is 16.9 Å². The second-order valence-corrected chi connectivity index (χ2v) is 3.80. The Bertz CT molecular complexity index is 205. The quantitative estimate of drug-likeness (QED) is 0.683. The second kappa shape index (κ2) is 4.52. The van der Waals surface area contributed by atoms with Gasteiger partial charge in [-0.05, 0) is 36.9 Å². The van der Waals surface area contributed by atoms with Gasteiger partial charge in [-0.2, -0.15) is 0 Å². The molecule has 0 saturated heterocycles. The maximum atomic E-state index is 3.38. The summed E-state index contributed by atoms with van der Waals surface area (Å²) in [4.78, 5) is 1.44. The molecule has 1 heterocycles. The minimum Gasteiger partial charge on any atom is -0.313 e. The van der Waals surface area contributed by atoms with E-state index in [2.05, 4.69) is 30.6 Å². The Kier molecular flexibility index (Phi) is 3.60. The van der Waals surface area contributed by atoms with Crippen LogP contribution in [0.4, 0.5) is 0 Å². The fourth-order valence-corrected chi connectivity index (χ4v) is 1.72. The van der Waals surface area contributed by atoms with Crippen molar-refractivity contribution < 1.29 is 0 Å². The smallest absolute Gasteiger partial charge is 0.0216 e. The Morgan fingerprint density at radius 1 is 1.55 bits per heavy atom. The van der Waals surface area contributed by atoms with Crippen LogP contribution in [0.2, 0.25) is 0 Å². The molecule has 62 valence electrons. The molecule has 1 nitrogen and oxygen atoms in total. The molecule has 2 heteroatoms. The molecule has 1 aromatic heterocycles. The molecule has 0 saturated carbocycles. The molecular formula is C9H15NS. The Labute approximate surface area is 72.4 Å². The van der Waals surface area contributed by atoms with Crippen molar-refractivity contribution in [3.8, 4) is 0 Å². The number of hydrogen-bond donors (Lipinski definition) is 1. The van der Waals surface area contributed by atoms with Gasteiger partial charge in [0.1, 0.15) is 0 Å². The van der Waals surface area contributed by atoms with E-state index in [0.29, 0.717) is 0 Å². The van der Waals surface area contributed by atoms with Gasteiger partial charge in [0.25, 0.3) is 0 Å². The van der Waals surface area contributed by atoms with Gasteiger partial charge in [-0.3, -0.25) is 0 Å². The predicted octanol–water partition coefficient (Wildman–Crippen LogP) is 2.56. The lowest BCUT2D eigenvalue weighted by Gasteiger charge is -2.00. The molecule has 0 aromatic carbocycles. The number of aryl methyl sites for hydroxylation is 1. The molecule has 0 fully saturated rings. The highest BCUT2D eigenvalue weighted by Gasteiger charge is 1.96. The molecule has 0 aliphatic rings. The molecule has 0 atom stereocenters. The van der Waals surface area contributed by atoms with Gasteiger partial charge >= 0.3 is 0 Å². The van der Waals surface area contributed by atoms with Crippen LogP contribution in [0, 0.1) is 6.92 Å². The largest absolute Gasteiger partial charge is 0.313 e. The van der Waals surface area contributed by atoms with Crippen LogP contribution in [0.5, 0.6) is 0 Å². The van der Waals surface area contributed by atoms with Crippen molar-refractivity contribution in [3.63, 3.8) is 0 Å². The Morgan fingerprint density at radius 2 is 2.36 bits per heavy atom. The van der Waals surface area contributed by atoms with Gasteiger partial charge in [-0.1, -0.05) is 6.92 Å². The molecule has 0 bridgehead atoms. The van der Waals surface area contributed by atoms with Gasteiger partial charge in [0.15, 0.2) is 0 Å². The normalized spacial score (nSPS) is 10.4. The zero-order valence-corrected chi connectivity index (χ0v) is 8.00. The van der Waals surface area contributed by atoms with Crippen LogP contribution in [0.15, 0.2) is 11.4 Å². The summed E-state index contributed by atoms with van der Waals surface area (Å²) >= 11 is 1.82. The van der Waals surface area contributed by atoms with E-state index in [1.807, 2.05) is 11.3 Å². The summed E-state index contributed by atoms with van der Waals surface area (Å²) in [6, 6.07) is 2.20. The van der Waals surface area contributed by atoms with Crippen LogP contribution in [0.1, 0.15) is 23.8 Å². The molecule has 0 aliphatic heterocycles. The molecule has 0 unspecified atom stereocenters. The Balaban J connectivity index is 2.32. The van der Waals surface area contributed by atoms with E-state index in [0.717, 1.165) is 13.1 Å². The monoisotopic (exact) mass is 169 g/mol. The van der Waals surface area contributed by atoms with Crippen molar-refractivity contribution >= 4 is 11.3 Å². The van der Waals surface area contributed by atoms with Crippen LogP contribution >= 0.6 is 11.3 Å². The van der Waals surface area contributed by atoms with Crippen LogP contribution in [0.25, 0.3) is 0 Å². The highest BCUT2D eigenvalue weighted by Crippen LogP contribution is 2.14. The van der Waals surface area contributed by atoms with Crippen molar-refractivity contribution in [1.82, 2.24) is 5.32 Å². The standard InChI is InChI=1S/C9H15NS/c1-3-5-10-7-9-4-6-11-8(9)2/h4,6,10H,3,5,7H2,1-2H3.